The predicted molar refractivity (Wildman–Crippen MR) is 106 cm³/mol. The Kier molecular flexibility index (Phi) is 8.98. The summed E-state index contributed by atoms with van der Waals surface area (Å²) in [6.45, 7) is 8.19. The van der Waals surface area contributed by atoms with Crippen molar-refractivity contribution in [3.8, 4) is 0 Å². The molecule has 0 saturated heterocycles. The third kappa shape index (κ3) is 5.59. The van der Waals surface area contributed by atoms with Crippen molar-refractivity contribution >= 4 is 43.7 Å². The standard InChI is InChI=1S/C18H26Br2N2O2/c1-5-11(6-2)21-17(23)13-9-16(20)14(10-15(13)19)18(24)22-12(7-3)8-4/h9-12H,5-8H2,1-4H3,(H,21,23)(H,22,24). The van der Waals surface area contributed by atoms with E-state index in [0.29, 0.717) is 20.1 Å². The molecule has 0 saturated carbocycles. The molecule has 24 heavy (non-hydrogen) atoms. The number of amides is 2. The van der Waals surface area contributed by atoms with E-state index >= 15 is 0 Å². The molecule has 1 aromatic carbocycles. The molecular formula is C18H26Br2N2O2. The van der Waals surface area contributed by atoms with E-state index in [-0.39, 0.29) is 23.9 Å². The van der Waals surface area contributed by atoms with E-state index in [0.717, 1.165) is 25.7 Å². The fourth-order valence-corrected chi connectivity index (χ4v) is 3.45. The van der Waals surface area contributed by atoms with Crippen LogP contribution in [0.2, 0.25) is 0 Å². The Balaban J connectivity index is 3.00. The van der Waals surface area contributed by atoms with Gasteiger partial charge in [0.1, 0.15) is 0 Å². The Hall–Kier alpha value is -0.880. The molecule has 0 atom stereocenters. The predicted octanol–water partition coefficient (Wildman–Crippen LogP) is 5.05. The highest BCUT2D eigenvalue weighted by molar-refractivity contribution is 9.11. The van der Waals surface area contributed by atoms with Crippen LogP contribution in [0.1, 0.15) is 74.1 Å². The molecule has 0 aliphatic rings. The van der Waals surface area contributed by atoms with Crippen LogP contribution in [0, 0.1) is 0 Å². The molecular weight excluding hydrogens is 436 g/mol. The number of rotatable bonds is 8. The van der Waals surface area contributed by atoms with E-state index in [1.807, 2.05) is 27.7 Å². The molecule has 0 radical (unpaired) electrons. The van der Waals surface area contributed by atoms with Gasteiger partial charge in [-0.25, -0.2) is 0 Å². The third-order valence-electron chi connectivity index (χ3n) is 4.19. The minimum Gasteiger partial charge on any atom is -0.349 e. The number of benzene rings is 1. The summed E-state index contributed by atoms with van der Waals surface area (Å²) >= 11 is 6.85. The van der Waals surface area contributed by atoms with Gasteiger partial charge in [-0.05, 0) is 69.7 Å². The summed E-state index contributed by atoms with van der Waals surface area (Å²) in [5.41, 5.74) is 1.04. The second-order valence-electron chi connectivity index (χ2n) is 5.79. The molecule has 1 rings (SSSR count). The second-order valence-corrected chi connectivity index (χ2v) is 7.49. The van der Waals surface area contributed by atoms with Crippen molar-refractivity contribution < 1.29 is 9.59 Å². The van der Waals surface area contributed by atoms with E-state index < -0.39 is 0 Å². The van der Waals surface area contributed by atoms with E-state index in [1.165, 1.54) is 0 Å². The zero-order valence-corrected chi connectivity index (χ0v) is 17.9. The molecule has 2 N–H and O–H groups in total. The van der Waals surface area contributed by atoms with Gasteiger partial charge in [-0.3, -0.25) is 9.59 Å². The van der Waals surface area contributed by atoms with Gasteiger partial charge in [-0.2, -0.15) is 0 Å². The number of hydrogen-bond acceptors (Lipinski definition) is 2. The second kappa shape index (κ2) is 10.2. The minimum absolute atomic E-state index is 0.136. The van der Waals surface area contributed by atoms with Gasteiger partial charge >= 0.3 is 0 Å². The van der Waals surface area contributed by atoms with Crippen molar-refractivity contribution in [2.24, 2.45) is 0 Å². The molecule has 0 fully saturated rings. The number of nitrogens with one attached hydrogen (secondary N) is 2. The van der Waals surface area contributed by atoms with Crippen molar-refractivity contribution in [3.63, 3.8) is 0 Å². The van der Waals surface area contributed by atoms with Crippen LogP contribution < -0.4 is 10.6 Å². The van der Waals surface area contributed by atoms with Crippen LogP contribution in [-0.2, 0) is 0 Å². The SMILES string of the molecule is CCC(CC)NC(=O)c1cc(Br)c(C(=O)NC(CC)CC)cc1Br. The first kappa shape index (κ1) is 21.2. The topological polar surface area (TPSA) is 58.2 Å². The molecule has 0 aliphatic heterocycles. The number of carbonyl (C=O) groups excluding carboxylic acids is 2. The summed E-state index contributed by atoms with van der Waals surface area (Å²) in [5, 5.41) is 6.02. The Labute approximate surface area is 161 Å². The van der Waals surface area contributed by atoms with Gasteiger partial charge in [0.25, 0.3) is 11.8 Å². The summed E-state index contributed by atoms with van der Waals surface area (Å²) in [4.78, 5) is 24.9. The first-order valence-corrected chi connectivity index (χ1v) is 10.1. The molecule has 2 amide bonds. The third-order valence-corrected chi connectivity index (χ3v) is 5.50. The van der Waals surface area contributed by atoms with Gasteiger partial charge in [0.15, 0.2) is 0 Å². The van der Waals surface area contributed by atoms with Gasteiger partial charge in [0.05, 0.1) is 11.1 Å². The summed E-state index contributed by atoms with van der Waals surface area (Å²) in [5.74, 6) is -0.272. The van der Waals surface area contributed by atoms with E-state index in [9.17, 15) is 9.59 Å². The number of carbonyl (C=O) groups is 2. The Morgan fingerprint density at radius 1 is 0.792 bits per heavy atom. The molecule has 6 heteroatoms. The summed E-state index contributed by atoms with van der Waals surface area (Å²) < 4.78 is 1.23. The van der Waals surface area contributed by atoms with Gasteiger partial charge < -0.3 is 10.6 Å². The monoisotopic (exact) mass is 460 g/mol. The average Bonchev–Trinajstić information content (AvgIpc) is 2.58. The lowest BCUT2D eigenvalue weighted by molar-refractivity contribution is 0.0921. The summed E-state index contributed by atoms with van der Waals surface area (Å²) in [6, 6.07) is 3.70. The highest BCUT2D eigenvalue weighted by atomic mass is 79.9. The molecule has 0 unspecified atom stereocenters. The van der Waals surface area contributed by atoms with Crippen LogP contribution in [0.15, 0.2) is 21.1 Å². The molecule has 0 aliphatic carbocycles. The van der Waals surface area contributed by atoms with E-state index in [1.54, 1.807) is 12.1 Å². The Morgan fingerprint density at radius 3 is 1.33 bits per heavy atom. The van der Waals surface area contributed by atoms with Gasteiger partial charge in [-0.15, -0.1) is 0 Å². The van der Waals surface area contributed by atoms with Crippen LogP contribution in [-0.4, -0.2) is 23.9 Å². The Bertz CT molecular complexity index is 531. The summed E-state index contributed by atoms with van der Waals surface area (Å²) in [6.07, 6.45) is 3.54. The first-order valence-electron chi connectivity index (χ1n) is 8.48. The largest absolute Gasteiger partial charge is 0.349 e. The van der Waals surface area contributed by atoms with Crippen LogP contribution in [0.3, 0.4) is 0 Å². The normalized spacial score (nSPS) is 11.0. The van der Waals surface area contributed by atoms with Crippen molar-refractivity contribution in [2.45, 2.75) is 65.5 Å². The molecule has 0 bridgehead atoms. The maximum Gasteiger partial charge on any atom is 0.252 e. The number of halogens is 2. The maximum atomic E-state index is 12.4. The van der Waals surface area contributed by atoms with Crippen LogP contribution in [0.25, 0.3) is 0 Å². The zero-order valence-electron chi connectivity index (χ0n) is 14.7. The lowest BCUT2D eigenvalue weighted by atomic mass is 10.1. The fraction of sp³-hybridized carbons (Fsp3) is 0.556. The van der Waals surface area contributed by atoms with Gasteiger partial charge in [-0.1, -0.05) is 27.7 Å². The molecule has 0 aromatic heterocycles. The Morgan fingerprint density at radius 2 is 1.08 bits per heavy atom. The quantitative estimate of drug-likeness (QED) is 0.569. The first-order chi connectivity index (χ1) is 11.4. The van der Waals surface area contributed by atoms with Crippen LogP contribution in [0.5, 0.6) is 0 Å². The molecule has 4 nitrogen and oxygen atoms in total. The minimum atomic E-state index is -0.136. The fourth-order valence-electron chi connectivity index (χ4n) is 2.41. The lowest BCUT2D eigenvalue weighted by Crippen LogP contribution is -2.35. The lowest BCUT2D eigenvalue weighted by Gasteiger charge is -2.18. The average molecular weight is 462 g/mol. The molecule has 1 aromatic rings. The smallest absolute Gasteiger partial charge is 0.252 e. The van der Waals surface area contributed by atoms with Gasteiger partial charge in [0.2, 0.25) is 0 Å². The maximum absolute atomic E-state index is 12.4. The molecule has 0 spiro atoms. The van der Waals surface area contributed by atoms with E-state index in [4.69, 9.17) is 0 Å². The van der Waals surface area contributed by atoms with Gasteiger partial charge in [0, 0.05) is 21.0 Å². The van der Waals surface area contributed by atoms with E-state index in [2.05, 4.69) is 42.5 Å². The van der Waals surface area contributed by atoms with Crippen LogP contribution >= 0.6 is 31.9 Å². The van der Waals surface area contributed by atoms with Crippen molar-refractivity contribution in [3.05, 3.63) is 32.2 Å². The molecule has 0 heterocycles. The van der Waals surface area contributed by atoms with Crippen molar-refractivity contribution in [1.29, 1.82) is 0 Å². The van der Waals surface area contributed by atoms with Crippen LogP contribution in [0.4, 0.5) is 0 Å². The zero-order chi connectivity index (χ0) is 18.3. The summed E-state index contributed by atoms with van der Waals surface area (Å²) in [7, 11) is 0. The van der Waals surface area contributed by atoms with Crippen molar-refractivity contribution in [1.82, 2.24) is 10.6 Å². The highest BCUT2D eigenvalue weighted by Crippen LogP contribution is 2.26. The van der Waals surface area contributed by atoms with Crippen molar-refractivity contribution in [2.75, 3.05) is 0 Å². The molecule has 134 valence electrons. The highest BCUT2D eigenvalue weighted by Gasteiger charge is 2.19. The number of hydrogen-bond donors (Lipinski definition) is 2.